The van der Waals surface area contributed by atoms with Crippen molar-refractivity contribution in [3.8, 4) is 0 Å². The topological polar surface area (TPSA) is 32.3 Å². The van der Waals surface area contributed by atoms with E-state index in [9.17, 15) is 5.11 Å². The quantitative estimate of drug-likeness (QED) is 0.712. The monoisotopic (exact) mass is 179 g/mol. The first kappa shape index (κ1) is 10.2. The molecule has 2 heteroatoms. The van der Waals surface area contributed by atoms with E-state index < -0.39 is 0 Å². The Bertz CT molecular complexity index is 223. The summed E-state index contributed by atoms with van der Waals surface area (Å²) in [5.74, 6) is 0. The van der Waals surface area contributed by atoms with Gasteiger partial charge in [-0.1, -0.05) is 30.3 Å². The highest BCUT2D eigenvalue weighted by Gasteiger charge is 2.01. The SMILES string of the molecule is CNCC(O)CCc1ccccc1. The summed E-state index contributed by atoms with van der Waals surface area (Å²) in [6.45, 7) is 0.673. The van der Waals surface area contributed by atoms with Crippen LogP contribution >= 0.6 is 0 Å². The summed E-state index contributed by atoms with van der Waals surface area (Å²) >= 11 is 0. The summed E-state index contributed by atoms with van der Waals surface area (Å²) < 4.78 is 0. The summed E-state index contributed by atoms with van der Waals surface area (Å²) in [6.07, 6.45) is 1.54. The number of hydrogen-bond donors (Lipinski definition) is 2. The minimum Gasteiger partial charge on any atom is -0.392 e. The van der Waals surface area contributed by atoms with Gasteiger partial charge in [0.2, 0.25) is 0 Å². The smallest absolute Gasteiger partial charge is 0.0667 e. The lowest BCUT2D eigenvalue weighted by molar-refractivity contribution is 0.165. The number of nitrogens with one attached hydrogen (secondary N) is 1. The number of aliphatic hydroxyl groups is 1. The average molecular weight is 179 g/mol. The van der Waals surface area contributed by atoms with Crippen molar-refractivity contribution in [1.29, 1.82) is 0 Å². The van der Waals surface area contributed by atoms with Crippen molar-refractivity contribution in [3.05, 3.63) is 35.9 Å². The third-order valence-corrected chi connectivity index (χ3v) is 2.05. The second-order valence-corrected chi connectivity index (χ2v) is 3.24. The molecule has 72 valence electrons. The fraction of sp³-hybridized carbons (Fsp3) is 0.455. The molecule has 0 aliphatic carbocycles. The van der Waals surface area contributed by atoms with Crippen molar-refractivity contribution in [2.75, 3.05) is 13.6 Å². The third kappa shape index (κ3) is 4.06. The van der Waals surface area contributed by atoms with Gasteiger partial charge in [0.1, 0.15) is 0 Å². The fourth-order valence-electron chi connectivity index (χ4n) is 1.32. The van der Waals surface area contributed by atoms with Crippen LogP contribution in [0.15, 0.2) is 30.3 Å². The predicted molar refractivity (Wildman–Crippen MR) is 54.7 cm³/mol. The second-order valence-electron chi connectivity index (χ2n) is 3.24. The van der Waals surface area contributed by atoms with Crippen molar-refractivity contribution >= 4 is 0 Å². The molecule has 1 aromatic rings. The zero-order chi connectivity index (χ0) is 9.52. The Morgan fingerprint density at radius 2 is 2.00 bits per heavy atom. The van der Waals surface area contributed by atoms with Crippen LogP contribution in [0.1, 0.15) is 12.0 Å². The Balaban J connectivity index is 2.27. The molecule has 0 saturated heterocycles. The van der Waals surface area contributed by atoms with Crippen LogP contribution in [0, 0.1) is 0 Å². The van der Waals surface area contributed by atoms with Gasteiger partial charge in [0, 0.05) is 6.54 Å². The van der Waals surface area contributed by atoms with E-state index in [1.807, 2.05) is 25.2 Å². The lowest BCUT2D eigenvalue weighted by Crippen LogP contribution is -2.23. The number of hydrogen-bond acceptors (Lipinski definition) is 2. The van der Waals surface area contributed by atoms with E-state index in [1.54, 1.807) is 0 Å². The molecular weight excluding hydrogens is 162 g/mol. The zero-order valence-electron chi connectivity index (χ0n) is 8.03. The molecule has 2 nitrogen and oxygen atoms in total. The van der Waals surface area contributed by atoms with Crippen molar-refractivity contribution in [2.45, 2.75) is 18.9 Å². The van der Waals surface area contributed by atoms with E-state index >= 15 is 0 Å². The van der Waals surface area contributed by atoms with Crippen LogP contribution in [0.4, 0.5) is 0 Å². The number of benzene rings is 1. The summed E-state index contributed by atoms with van der Waals surface area (Å²) in [6, 6.07) is 10.2. The van der Waals surface area contributed by atoms with Crippen LogP contribution in [0.2, 0.25) is 0 Å². The highest BCUT2D eigenvalue weighted by Crippen LogP contribution is 2.04. The van der Waals surface area contributed by atoms with E-state index in [0.29, 0.717) is 6.54 Å². The molecule has 1 aromatic carbocycles. The maximum atomic E-state index is 9.45. The second kappa shape index (κ2) is 5.73. The van der Waals surface area contributed by atoms with E-state index in [1.165, 1.54) is 5.56 Å². The molecule has 0 fully saturated rings. The normalized spacial score (nSPS) is 12.8. The molecule has 0 aliphatic rings. The average Bonchev–Trinajstić information content (AvgIpc) is 2.17. The lowest BCUT2D eigenvalue weighted by atomic mass is 10.1. The van der Waals surface area contributed by atoms with Crippen molar-refractivity contribution in [1.82, 2.24) is 5.32 Å². The first-order valence-corrected chi connectivity index (χ1v) is 4.69. The van der Waals surface area contributed by atoms with Crippen LogP contribution in [-0.4, -0.2) is 24.8 Å². The lowest BCUT2D eigenvalue weighted by Gasteiger charge is -2.08. The predicted octanol–water partition coefficient (Wildman–Crippen LogP) is 1.20. The minimum atomic E-state index is -0.231. The zero-order valence-corrected chi connectivity index (χ0v) is 8.03. The molecule has 0 bridgehead atoms. The Kier molecular flexibility index (Phi) is 4.50. The van der Waals surface area contributed by atoms with Gasteiger partial charge in [0.25, 0.3) is 0 Å². The minimum absolute atomic E-state index is 0.231. The van der Waals surface area contributed by atoms with E-state index in [4.69, 9.17) is 0 Å². The Morgan fingerprint density at radius 1 is 1.31 bits per heavy atom. The van der Waals surface area contributed by atoms with Gasteiger partial charge in [-0.15, -0.1) is 0 Å². The van der Waals surface area contributed by atoms with Gasteiger partial charge in [0.15, 0.2) is 0 Å². The highest BCUT2D eigenvalue weighted by molar-refractivity contribution is 5.14. The fourth-order valence-corrected chi connectivity index (χ4v) is 1.32. The molecule has 2 N–H and O–H groups in total. The first-order chi connectivity index (χ1) is 6.33. The Labute approximate surface area is 79.6 Å². The third-order valence-electron chi connectivity index (χ3n) is 2.05. The maximum absolute atomic E-state index is 9.45. The standard InChI is InChI=1S/C11H17NO/c1-12-9-11(13)8-7-10-5-3-2-4-6-10/h2-6,11-13H,7-9H2,1H3. The molecule has 1 rings (SSSR count). The van der Waals surface area contributed by atoms with Crippen LogP contribution in [0.3, 0.4) is 0 Å². The van der Waals surface area contributed by atoms with E-state index in [-0.39, 0.29) is 6.10 Å². The molecule has 0 radical (unpaired) electrons. The van der Waals surface area contributed by atoms with Gasteiger partial charge in [-0.3, -0.25) is 0 Å². The molecule has 1 unspecified atom stereocenters. The molecular formula is C11H17NO. The number of aliphatic hydroxyl groups excluding tert-OH is 1. The Hall–Kier alpha value is -0.860. The number of aryl methyl sites for hydroxylation is 1. The summed E-state index contributed by atoms with van der Waals surface area (Å²) in [5.41, 5.74) is 1.29. The van der Waals surface area contributed by atoms with E-state index in [2.05, 4.69) is 17.4 Å². The first-order valence-electron chi connectivity index (χ1n) is 4.69. The molecule has 13 heavy (non-hydrogen) atoms. The van der Waals surface area contributed by atoms with Gasteiger partial charge >= 0.3 is 0 Å². The summed E-state index contributed by atoms with van der Waals surface area (Å²) in [4.78, 5) is 0. The van der Waals surface area contributed by atoms with Gasteiger partial charge in [-0.2, -0.15) is 0 Å². The number of likely N-dealkylation sites (N-methyl/N-ethyl adjacent to an activating group) is 1. The molecule has 0 saturated carbocycles. The summed E-state index contributed by atoms with van der Waals surface area (Å²) in [7, 11) is 1.85. The molecule has 0 aliphatic heterocycles. The van der Waals surface area contributed by atoms with Crippen LogP contribution in [0.5, 0.6) is 0 Å². The highest BCUT2D eigenvalue weighted by atomic mass is 16.3. The van der Waals surface area contributed by atoms with Crippen molar-refractivity contribution < 1.29 is 5.11 Å². The van der Waals surface area contributed by atoms with Crippen molar-refractivity contribution in [2.24, 2.45) is 0 Å². The summed E-state index contributed by atoms with van der Waals surface area (Å²) in [5, 5.41) is 12.4. The van der Waals surface area contributed by atoms with Crippen LogP contribution in [-0.2, 0) is 6.42 Å². The molecule has 1 atom stereocenters. The molecule has 0 spiro atoms. The van der Waals surface area contributed by atoms with Crippen LogP contribution < -0.4 is 5.32 Å². The molecule has 0 amide bonds. The van der Waals surface area contributed by atoms with Crippen molar-refractivity contribution in [3.63, 3.8) is 0 Å². The van der Waals surface area contributed by atoms with Gasteiger partial charge in [0.05, 0.1) is 6.10 Å². The van der Waals surface area contributed by atoms with Gasteiger partial charge < -0.3 is 10.4 Å². The largest absolute Gasteiger partial charge is 0.392 e. The van der Waals surface area contributed by atoms with Gasteiger partial charge in [-0.25, -0.2) is 0 Å². The maximum Gasteiger partial charge on any atom is 0.0667 e. The Morgan fingerprint density at radius 3 is 2.62 bits per heavy atom. The molecule has 0 heterocycles. The van der Waals surface area contributed by atoms with Gasteiger partial charge in [-0.05, 0) is 25.5 Å². The van der Waals surface area contributed by atoms with E-state index in [0.717, 1.165) is 12.8 Å². The molecule has 0 aromatic heterocycles. The van der Waals surface area contributed by atoms with Crippen LogP contribution in [0.25, 0.3) is 0 Å². The number of rotatable bonds is 5.